The van der Waals surface area contributed by atoms with Gasteiger partial charge in [-0.15, -0.1) is 13.2 Å². The smallest absolute Gasteiger partial charge is 0.406 e. The third-order valence-electron chi connectivity index (χ3n) is 5.08. The number of halogens is 5. The summed E-state index contributed by atoms with van der Waals surface area (Å²) in [6.45, 7) is 0. The molecule has 11 heteroatoms. The highest BCUT2D eigenvalue weighted by molar-refractivity contribution is 5.94. The van der Waals surface area contributed by atoms with Crippen molar-refractivity contribution in [1.82, 2.24) is 9.55 Å². The second kappa shape index (κ2) is 8.58. The maximum atomic E-state index is 14.0. The van der Waals surface area contributed by atoms with Gasteiger partial charge in [-0.05, 0) is 41.5 Å². The zero-order valence-corrected chi connectivity index (χ0v) is 17.5. The van der Waals surface area contributed by atoms with E-state index in [1.807, 2.05) is 0 Å². The Morgan fingerprint density at radius 1 is 0.971 bits per heavy atom. The third kappa shape index (κ3) is 4.45. The number of anilines is 2. The maximum absolute atomic E-state index is 14.0. The molecule has 0 spiro atoms. The van der Waals surface area contributed by atoms with E-state index in [4.69, 9.17) is 10.8 Å². The molecule has 6 nitrogen and oxygen atoms in total. The minimum absolute atomic E-state index is 0.0900. The first-order valence-electron chi connectivity index (χ1n) is 9.74. The fraction of sp³-hybridized carbons (Fsp3) is 0.0870. The van der Waals surface area contributed by atoms with Crippen LogP contribution in [0.4, 0.5) is 33.5 Å². The van der Waals surface area contributed by atoms with Gasteiger partial charge in [0, 0.05) is 24.2 Å². The standard InChI is InChI=1S/C23H16F5N5O/c1-32(21-17-10-18(24)19(25)11-20(17)33(12-29)22(30)31-21)15-4-2-3-14(9-15)13-5-7-16(8-6-13)34-23(26,27)28/h2-12,29-30H,1H3. The summed E-state index contributed by atoms with van der Waals surface area (Å²) >= 11 is 0. The molecule has 0 radical (unpaired) electrons. The fourth-order valence-electron chi connectivity index (χ4n) is 3.50. The first kappa shape index (κ1) is 22.9. The van der Waals surface area contributed by atoms with E-state index < -0.39 is 18.0 Å². The van der Waals surface area contributed by atoms with Gasteiger partial charge >= 0.3 is 6.36 Å². The Morgan fingerprint density at radius 2 is 1.65 bits per heavy atom. The second-order valence-corrected chi connectivity index (χ2v) is 7.22. The number of alkyl halides is 3. The van der Waals surface area contributed by atoms with Gasteiger partial charge in [-0.3, -0.25) is 15.4 Å². The van der Waals surface area contributed by atoms with Crippen LogP contribution >= 0.6 is 0 Å². The van der Waals surface area contributed by atoms with Crippen molar-refractivity contribution in [3.05, 3.63) is 77.9 Å². The van der Waals surface area contributed by atoms with Crippen molar-refractivity contribution in [2.75, 3.05) is 11.9 Å². The molecule has 4 rings (SSSR count). The quantitative estimate of drug-likeness (QED) is 0.226. The first-order chi connectivity index (χ1) is 16.1. The molecule has 2 N–H and O–H groups in total. The van der Waals surface area contributed by atoms with Crippen molar-refractivity contribution in [1.29, 1.82) is 10.8 Å². The topological polar surface area (TPSA) is 78.0 Å². The highest BCUT2D eigenvalue weighted by atomic mass is 19.4. The van der Waals surface area contributed by atoms with Crippen molar-refractivity contribution in [2.45, 2.75) is 6.36 Å². The minimum atomic E-state index is -4.79. The highest BCUT2D eigenvalue weighted by Gasteiger charge is 2.31. The minimum Gasteiger partial charge on any atom is -0.406 e. The first-order valence-corrected chi connectivity index (χ1v) is 9.74. The van der Waals surface area contributed by atoms with Crippen molar-refractivity contribution in [2.24, 2.45) is 0 Å². The summed E-state index contributed by atoms with van der Waals surface area (Å²) < 4.78 is 70.0. The lowest BCUT2D eigenvalue weighted by Gasteiger charge is -2.22. The number of fused-ring (bicyclic) bond motifs is 1. The number of aromatic nitrogens is 2. The average Bonchev–Trinajstić information content (AvgIpc) is 2.79. The largest absolute Gasteiger partial charge is 0.573 e. The molecule has 34 heavy (non-hydrogen) atoms. The van der Waals surface area contributed by atoms with E-state index in [-0.39, 0.29) is 28.1 Å². The normalized spacial score (nSPS) is 11.5. The van der Waals surface area contributed by atoms with Gasteiger partial charge in [-0.1, -0.05) is 24.3 Å². The SMILES string of the molecule is CN(c1cccc(-c2ccc(OC(F)(F)F)cc2)c1)c1nc(=N)n(C=N)c2cc(F)c(F)cc12. The molecular weight excluding hydrogens is 457 g/mol. The molecule has 0 amide bonds. The molecule has 0 unspecified atom stereocenters. The average molecular weight is 473 g/mol. The number of benzene rings is 3. The van der Waals surface area contributed by atoms with Crippen LogP contribution in [0.2, 0.25) is 0 Å². The Hall–Kier alpha value is -4.28. The van der Waals surface area contributed by atoms with Crippen LogP contribution in [0.3, 0.4) is 0 Å². The summed E-state index contributed by atoms with van der Waals surface area (Å²) in [7, 11) is 1.62. The predicted molar refractivity (Wildman–Crippen MR) is 116 cm³/mol. The number of nitrogens with one attached hydrogen (secondary N) is 2. The lowest BCUT2D eigenvalue weighted by atomic mass is 10.0. The summed E-state index contributed by atoms with van der Waals surface area (Å²) in [6.07, 6.45) is -4.00. The molecule has 1 heterocycles. The molecule has 1 aromatic heterocycles. The van der Waals surface area contributed by atoms with Crippen molar-refractivity contribution < 1.29 is 26.7 Å². The van der Waals surface area contributed by atoms with Gasteiger partial charge in [0.15, 0.2) is 11.6 Å². The van der Waals surface area contributed by atoms with Crippen LogP contribution in [0.5, 0.6) is 5.75 Å². The Labute approximate surface area is 189 Å². The molecule has 0 aliphatic rings. The summed E-state index contributed by atoms with van der Waals surface area (Å²) in [5.74, 6) is -2.42. The number of ether oxygens (including phenoxy) is 1. The lowest BCUT2D eigenvalue weighted by molar-refractivity contribution is -0.274. The molecule has 174 valence electrons. The zero-order chi connectivity index (χ0) is 24.6. The molecule has 0 fully saturated rings. The van der Waals surface area contributed by atoms with Crippen molar-refractivity contribution in [3.63, 3.8) is 0 Å². The summed E-state index contributed by atoms with van der Waals surface area (Å²) in [5.41, 5.74) is 1.59. The monoisotopic (exact) mass is 473 g/mol. The number of hydrogen-bond acceptors (Lipinski definition) is 5. The van der Waals surface area contributed by atoms with E-state index in [1.54, 1.807) is 36.2 Å². The van der Waals surface area contributed by atoms with Gasteiger partial charge in [-0.2, -0.15) is 4.98 Å². The zero-order valence-electron chi connectivity index (χ0n) is 17.5. The Kier molecular flexibility index (Phi) is 5.78. The van der Waals surface area contributed by atoms with Crippen LogP contribution in [0, 0.1) is 22.5 Å². The van der Waals surface area contributed by atoms with Gasteiger partial charge < -0.3 is 9.64 Å². The van der Waals surface area contributed by atoms with E-state index >= 15 is 0 Å². The molecule has 3 aromatic carbocycles. The van der Waals surface area contributed by atoms with Crippen molar-refractivity contribution in [3.8, 4) is 16.9 Å². The summed E-state index contributed by atoms with van der Waals surface area (Å²) in [6, 6.07) is 14.1. The van der Waals surface area contributed by atoms with Crippen LogP contribution < -0.4 is 15.3 Å². The van der Waals surface area contributed by atoms with Crippen LogP contribution in [-0.4, -0.2) is 29.3 Å². The molecule has 0 aliphatic heterocycles. The predicted octanol–water partition coefficient (Wildman–Crippen LogP) is 5.58. The Bertz CT molecular complexity index is 1450. The maximum Gasteiger partial charge on any atom is 0.573 e. The van der Waals surface area contributed by atoms with E-state index in [0.29, 0.717) is 16.8 Å². The van der Waals surface area contributed by atoms with Crippen LogP contribution in [0.25, 0.3) is 22.0 Å². The van der Waals surface area contributed by atoms with Crippen LogP contribution in [-0.2, 0) is 0 Å². The van der Waals surface area contributed by atoms with E-state index in [0.717, 1.165) is 23.0 Å². The highest BCUT2D eigenvalue weighted by Crippen LogP contribution is 2.33. The lowest BCUT2D eigenvalue weighted by Crippen LogP contribution is -2.26. The van der Waals surface area contributed by atoms with Gasteiger partial charge in [-0.25, -0.2) is 8.78 Å². The fourth-order valence-corrected chi connectivity index (χ4v) is 3.50. The molecule has 4 aromatic rings. The molecular formula is C23H16F5N5O. The Morgan fingerprint density at radius 3 is 2.29 bits per heavy atom. The van der Waals surface area contributed by atoms with Crippen LogP contribution in [0.1, 0.15) is 0 Å². The van der Waals surface area contributed by atoms with E-state index in [9.17, 15) is 22.0 Å². The van der Waals surface area contributed by atoms with Crippen LogP contribution in [0.15, 0.2) is 60.7 Å². The third-order valence-corrected chi connectivity index (χ3v) is 5.08. The molecule has 0 aliphatic carbocycles. The molecule has 0 bridgehead atoms. The van der Waals surface area contributed by atoms with Gasteiger partial charge in [0.25, 0.3) is 0 Å². The van der Waals surface area contributed by atoms with Crippen molar-refractivity contribution >= 4 is 28.7 Å². The number of nitrogens with zero attached hydrogens (tertiary/aromatic N) is 3. The summed E-state index contributed by atoms with van der Waals surface area (Å²) in [5, 5.41) is 15.8. The molecule has 0 saturated heterocycles. The van der Waals surface area contributed by atoms with Gasteiger partial charge in [0.2, 0.25) is 5.62 Å². The number of rotatable bonds is 5. The van der Waals surface area contributed by atoms with E-state index in [2.05, 4.69) is 9.72 Å². The summed E-state index contributed by atoms with van der Waals surface area (Å²) in [4.78, 5) is 5.73. The number of hydrogen-bond donors (Lipinski definition) is 2. The van der Waals surface area contributed by atoms with Gasteiger partial charge in [0.1, 0.15) is 11.6 Å². The Balaban J connectivity index is 1.76. The molecule has 0 saturated carbocycles. The molecule has 0 atom stereocenters. The van der Waals surface area contributed by atoms with Gasteiger partial charge in [0.05, 0.1) is 11.9 Å². The second-order valence-electron chi connectivity index (χ2n) is 7.22. The van der Waals surface area contributed by atoms with E-state index in [1.165, 1.54) is 24.3 Å².